The van der Waals surface area contributed by atoms with E-state index in [1.807, 2.05) is 18.5 Å². The third-order valence-corrected chi connectivity index (χ3v) is 5.45. The fourth-order valence-electron chi connectivity index (χ4n) is 4.15. The lowest BCUT2D eigenvalue weighted by Gasteiger charge is -2.30. The number of aromatic nitrogens is 1. The second-order valence-corrected chi connectivity index (χ2v) is 6.98. The van der Waals surface area contributed by atoms with Crippen molar-refractivity contribution in [2.75, 3.05) is 6.54 Å². The highest BCUT2D eigenvalue weighted by Gasteiger charge is 2.28. The van der Waals surface area contributed by atoms with E-state index in [-0.39, 0.29) is 11.9 Å². The molecule has 0 bridgehead atoms. The summed E-state index contributed by atoms with van der Waals surface area (Å²) < 4.78 is 0. The first-order chi connectivity index (χ1) is 11.8. The molecular weight excluding hydrogens is 296 g/mol. The van der Waals surface area contributed by atoms with E-state index in [0.717, 1.165) is 37.8 Å². The van der Waals surface area contributed by atoms with E-state index in [4.69, 9.17) is 0 Å². The van der Waals surface area contributed by atoms with Crippen LogP contribution >= 0.6 is 0 Å². The van der Waals surface area contributed by atoms with Gasteiger partial charge in [0.25, 0.3) is 5.91 Å². The third-order valence-electron chi connectivity index (χ3n) is 5.45. The van der Waals surface area contributed by atoms with Gasteiger partial charge in [-0.2, -0.15) is 0 Å². The van der Waals surface area contributed by atoms with Crippen LogP contribution in [-0.2, 0) is 12.8 Å². The molecule has 124 valence electrons. The van der Waals surface area contributed by atoms with Crippen molar-refractivity contribution in [2.24, 2.45) is 0 Å². The van der Waals surface area contributed by atoms with E-state index >= 15 is 0 Å². The van der Waals surface area contributed by atoms with Crippen LogP contribution in [0.5, 0.6) is 0 Å². The van der Waals surface area contributed by atoms with E-state index in [2.05, 4.69) is 34.1 Å². The zero-order valence-electron chi connectivity index (χ0n) is 14.1. The number of amides is 1. The molecule has 3 nitrogen and oxygen atoms in total. The Labute approximate surface area is 143 Å². The fraction of sp³-hybridized carbons (Fsp3) is 0.429. The topological polar surface area (TPSA) is 33.2 Å². The van der Waals surface area contributed by atoms with Crippen LogP contribution < -0.4 is 0 Å². The van der Waals surface area contributed by atoms with Crippen molar-refractivity contribution in [3.05, 3.63) is 65.0 Å². The Bertz CT molecular complexity index is 726. The summed E-state index contributed by atoms with van der Waals surface area (Å²) >= 11 is 0. The number of hydrogen-bond acceptors (Lipinski definition) is 2. The molecule has 0 N–H and O–H groups in total. The number of fused-ring (bicyclic) bond motifs is 1. The van der Waals surface area contributed by atoms with E-state index in [1.165, 1.54) is 36.0 Å². The molecule has 0 spiro atoms. The number of pyridine rings is 1. The quantitative estimate of drug-likeness (QED) is 0.825. The predicted octanol–water partition coefficient (Wildman–Crippen LogP) is 4.33. The van der Waals surface area contributed by atoms with Gasteiger partial charge in [-0.25, -0.2) is 0 Å². The van der Waals surface area contributed by atoms with Crippen molar-refractivity contribution in [2.45, 2.75) is 51.0 Å². The second kappa shape index (κ2) is 6.76. The molecule has 0 saturated carbocycles. The fourth-order valence-corrected chi connectivity index (χ4v) is 4.15. The molecule has 3 heteroatoms. The minimum Gasteiger partial charge on any atom is -0.332 e. The minimum absolute atomic E-state index is 0.177. The first kappa shape index (κ1) is 15.4. The van der Waals surface area contributed by atoms with Gasteiger partial charge in [0.05, 0.1) is 6.04 Å². The van der Waals surface area contributed by atoms with Gasteiger partial charge in [0.15, 0.2) is 0 Å². The van der Waals surface area contributed by atoms with Crippen LogP contribution in [0.25, 0.3) is 0 Å². The van der Waals surface area contributed by atoms with Crippen molar-refractivity contribution in [3.63, 3.8) is 0 Å². The highest BCUT2D eigenvalue weighted by molar-refractivity contribution is 5.95. The molecule has 24 heavy (non-hydrogen) atoms. The molecule has 2 aromatic rings. The van der Waals surface area contributed by atoms with Crippen LogP contribution in [0.2, 0.25) is 0 Å². The highest BCUT2D eigenvalue weighted by atomic mass is 16.2. The first-order valence-electron chi connectivity index (χ1n) is 9.15. The molecular formula is C21H24N2O. The van der Waals surface area contributed by atoms with Gasteiger partial charge in [0, 0.05) is 24.5 Å². The SMILES string of the molecule is O=C(c1ccc2c(c1)CCC2)N1CCCCC[C@@H]1c1ccncc1. The number of carbonyl (C=O) groups is 1. The summed E-state index contributed by atoms with van der Waals surface area (Å²) in [5, 5.41) is 0. The predicted molar refractivity (Wildman–Crippen MR) is 94.9 cm³/mol. The Balaban J connectivity index is 1.65. The van der Waals surface area contributed by atoms with Gasteiger partial charge in [-0.3, -0.25) is 9.78 Å². The maximum Gasteiger partial charge on any atom is 0.254 e. The molecule has 1 aliphatic carbocycles. The maximum atomic E-state index is 13.2. The summed E-state index contributed by atoms with van der Waals surface area (Å²) in [5.74, 6) is 0.188. The normalized spacial score (nSPS) is 20.5. The van der Waals surface area contributed by atoms with Crippen molar-refractivity contribution in [1.29, 1.82) is 0 Å². The molecule has 1 saturated heterocycles. The van der Waals surface area contributed by atoms with Gasteiger partial charge in [-0.1, -0.05) is 18.9 Å². The number of nitrogens with zero attached hydrogens (tertiary/aromatic N) is 2. The van der Waals surface area contributed by atoms with Crippen molar-refractivity contribution in [1.82, 2.24) is 9.88 Å². The van der Waals surface area contributed by atoms with Crippen molar-refractivity contribution < 1.29 is 4.79 Å². The van der Waals surface area contributed by atoms with E-state index in [0.29, 0.717) is 0 Å². The summed E-state index contributed by atoms with van der Waals surface area (Å²) in [6.07, 6.45) is 11.7. The zero-order valence-corrected chi connectivity index (χ0v) is 14.1. The monoisotopic (exact) mass is 320 g/mol. The van der Waals surface area contributed by atoms with E-state index < -0.39 is 0 Å². The van der Waals surface area contributed by atoms with Gasteiger partial charge >= 0.3 is 0 Å². The number of rotatable bonds is 2. The van der Waals surface area contributed by atoms with Crippen LogP contribution in [0.15, 0.2) is 42.7 Å². The number of hydrogen-bond donors (Lipinski definition) is 0. The smallest absolute Gasteiger partial charge is 0.254 e. The first-order valence-corrected chi connectivity index (χ1v) is 9.15. The largest absolute Gasteiger partial charge is 0.332 e. The zero-order chi connectivity index (χ0) is 16.4. The van der Waals surface area contributed by atoms with Gasteiger partial charge < -0.3 is 4.90 Å². The van der Waals surface area contributed by atoms with Gasteiger partial charge in [-0.15, -0.1) is 0 Å². The summed E-state index contributed by atoms with van der Waals surface area (Å²) in [4.78, 5) is 19.5. The lowest BCUT2D eigenvalue weighted by Crippen LogP contribution is -2.34. The average Bonchev–Trinajstić information content (AvgIpc) is 2.96. The summed E-state index contributed by atoms with van der Waals surface area (Å²) in [7, 11) is 0. The maximum absolute atomic E-state index is 13.2. The van der Waals surface area contributed by atoms with Crippen molar-refractivity contribution in [3.8, 4) is 0 Å². The van der Waals surface area contributed by atoms with Crippen LogP contribution in [0.3, 0.4) is 0 Å². The van der Waals surface area contributed by atoms with E-state index in [1.54, 1.807) is 0 Å². The molecule has 2 heterocycles. The third kappa shape index (κ3) is 2.95. The lowest BCUT2D eigenvalue weighted by atomic mass is 10.00. The minimum atomic E-state index is 0.177. The summed E-state index contributed by atoms with van der Waals surface area (Å²) in [6.45, 7) is 0.850. The Hall–Kier alpha value is -2.16. The summed E-state index contributed by atoms with van der Waals surface area (Å²) in [6, 6.07) is 10.6. The van der Waals surface area contributed by atoms with Crippen molar-refractivity contribution >= 4 is 5.91 Å². The number of benzene rings is 1. The Morgan fingerprint density at radius 3 is 2.67 bits per heavy atom. The average molecular weight is 320 g/mol. The molecule has 1 aromatic heterocycles. The molecule has 1 atom stereocenters. The molecule has 0 unspecified atom stereocenters. The molecule has 0 radical (unpaired) electrons. The number of aryl methyl sites for hydroxylation is 2. The van der Waals surface area contributed by atoms with Crippen LogP contribution in [0, 0.1) is 0 Å². The molecule has 2 aliphatic rings. The summed E-state index contributed by atoms with van der Waals surface area (Å²) in [5.41, 5.74) is 4.86. The molecule has 1 amide bonds. The standard InChI is InChI=1S/C21H24N2O/c24-21(19-9-8-16-5-4-6-18(16)15-19)23-14-3-1-2-7-20(23)17-10-12-22-13-11-17/h8-13,15,20H,1-7,14H2/t20-/m1/s1. The van der Waals surface area contributed by atoms with Gasteiger partial charge in [0.1, 0.15) is 0 Å². The van der Waals surface area contributed by atoms with E-state index in [9.17, 15) is 4.79 Å². The molecule has 1 aliphatic heterocycles. The number of carbonyl (C=O) groups excluding carboxylic acids is 1. The molecule has 4 rings (SSSR count). The van der Waals surface area contributed by atoms with Crippen LogP contribution in [-0.4, -0.2) is 22.3 Å². The van der Waals surface area contributed by atoms with Gasteiger partial charge in [-0.05, 0) is 73.1 Å². The lowest BCUT2D eigenvalue weighted by molar-refractivity contribution is 0.0680. The molecule has 1 fully saturated rings. The Morgan fingerprint density at radius 1 is 0.958 bits per heavy atom. The van der Waals surface area contributed by atoms with Crippen LogP contribution in [0.4, 0.5) is 0 Å². The Morgan fingerprint density at radius 2 is 1.79 bits per heavy atom. The number of likely N-dealkylation sites (tertiary alicyclic amines) is 1. The van der Waals surface area contributed by atoms with Gasteiger partial charge in [0.2, 0.25) is 0 Å². The van der Waals surface area contributed by atoms with Crippen LogP contribution in [0.1, 0.15) is 65.2 Å². The second-order valence-electron chi connectivity index (χ2n) is 6.98. The molecule has 1 aromatic carbocycles. The Kier molecular flexibility index (Phi) is 4.33. The highest BCUT2D eigenvalue weighted by Crippen LogP contribution is 2.32.